The molecule has 6 nitrogen and oxygen atoms in total. The van der Waals surface area contributed by atoms with Crippen LogP contribution in [0.15, 0.2) is 29.2 Å². The van der Waals surface area contributed by atoms with Crippen molar-refractivity contribution in [1.82, 2.24) is 4.72 Å². The Morgan fingerprint density at radius 3 is 2.25 bits per heavy atom. The molecule has 1 aromatic rings. The van der Waals surface area contributed by atoms with Gasteiger partial charge in [-0.15, -0.1) is 0 Å². The molecule has 0 aliphatic heterocycles. The zero-order chi connectivity index (χ0) is 15.4. The van der Waals surface area contributed by atoms with Crippen LogP contribution in [0, 0.1) is 0 Å². The summed E-state index contributed by atoms with van der Waals surface area (Å²) in [6.07, 6.45) is 1.20. The van der Waals surface area contributed by atoms with Gasteiger partial charge in [0.05, 0.1) is 4.90 Å². The van der Waals surface area contributed by atoms with Gasteiger partial charge in [-0.05, 0) is 44.7 Å². The lowest BCUT2D eigenvalue weighted by atomic mass is 9.96. The van der Waals surface area contributed by atoms with Gasteiger partial charge in [0, 0.05) is 5.69 Å². The van der Waals surface area contributed by atoms with E-state index in [1.54, 1.807) is 19.1 Å². The number of carboxylic acid groups (broad SMARTS) is 1. The molecule has 0 radical (unpaired) electrons. The van der Waals surface area contributed by atoms with Crippen LogP contribution in [0.5, 0.6) is 0 Å². The Morgan fingerprint density at radius 2 is 1.85 bits per heavy atom. The number of sulfonamides is 1. The van der Waals surface area contributed by atoms with Crippen LogP contribution in [0.25, 0.3) is 0 Å². The Hall–Kier alpha value is -1.60. The van der Waals surface area contributed by atoms with Crippen LogP contribution >= 0.6 is 0 Å². The SMILES string of the molecule is CCCC(C)(Nc1ccc(S(=O)(=O)NC)cc1)C(=O)O. The fraction of sp³-hybridized carbons (Fsp3) is 0.462. The van der Waals surface area contributed by atoms with Crippen LogP contribution in [-0.4, -0.2) is 32.1 Å². The molecule has 0 aromatic heterocycles. The summed E-state index contributed by atoms with van der Waals surface area (Å²) >= 11 is 0. The zero-order valence-corrected chi connectivity index (χ0v) is 12.6. The quantitative estimate of drug-likeness (QED) is 0.711. The Morgan fingerprint density at radius 1 is 1.30 bits per heavy atom. The summed E-state index contributed by atoms with van der Waals surface area (Å²) in [6.45, 7) is 3.52. The van der Waals surface area contributed by atoms with Crippen molar-refractivity contribution < 1.29 is 18.3 Å². The molecule has 1 aromatic carbocycles. The molecule has 0 fully saturated rings. The maximum Gasteiger partial charge on any atom is 0.329 e. The summed E-state index contributed by atoms with van der Waals surface area (Å²) in [5, 5.41) is 12.2. The summed E-state index contributed by atoms with van der Waals surface area (Å²) in [5.74, 6) is -0.939. The Kier molecular flexibility index (Phi) is 5.13. The standard InChI is InChI=1S/C13H20N2O4S/c1-4-9-13(2,12(16)17)15-10-5-7-11(8-6-10)20(18,19)14-3/h5-8,14-15H,4,9H2,1-3H3,(H,16,17). The highest BCUT2D eigenvalue weighted by Crippen LogP contribution is 2.22. The minimum Gasteiger partial charge on any atom is -0.480 e. The average Bonchev–Trinajstić information content (AvgIpc) is 2.39. The number of anilines is 1. The van der Waals surface area contributed by atoms with Crippen molar-refractivity contribution in [3.63, 3.8) is 0 Å². The van der Waals surface area contributed by atoms with Crippen molar-refractivity contribution in [3.05, 3.63) is 24.3 Å². The van der Waals surface area contributed by atoms with Crippen LogP contribution in [0.3, 0.4) is 0 Å². The minimum absolute atomic E-state index is 0.137. The molecular formula is C13H20N2O4S. The van der Waals surface area contributed by atoms with Crippen LogP contribution in [-0.2, 0) is 14.8 Å². The highest BCUT2D eigenvalue weighted by Gasteiger charge is 2.31. The van der Waals surface area contributed by atoms with Gasteiger partial charge in [0.2, 0.25) is 10.0 Å². The Balaban J connectivity index is 2.97. The van der Waals surface area contributed by atoms with Gasteiger partial charge in [0.1, 0.15) is 5.54 Å². The van der Waals surface area contributed by atoms with Gasteiger partial charge >= 0.3 is 5.97 Å². The van der Waals surface area contributed by atoms with Crippen molar-refractivity contribution in [2.75, 3.05) is 12.4 Å². The molecule has 0 aliphatic carbocycles. The van der Waals surface area contributed by atoms with Crippen LogP contribution in [0.2, 0.25) is 0 Å². The molecule has 1 atom stereocenters. The van der Waals surface area contributed by atoms with Gasteiger partial charge < -0.3 is 10.4 Å². The number of benzene rings is 1. The van der Waals surface area contributed by atoms with Crippen molar-refractivity contribution in [2.24, 2.45) is 0 Å². The normalized spacial score (nSPS) is 14.6. The molecule has 0 bridgehead atoms. The monoisotopic (exact) mass is 300 g/mol. The Labute approximate surface area is 119 Å². The first-order valence-electron chi connectivity index (χ1n) is 6.30. The minimum atomic E-state index is -3.48. The zero-order valence-electron chi connectivity index (χ0n) is 11.8. The van der Waals surface area contributed by atoms with E-state index >= 15 is 0 Å². The van der Waals surface area contributed by atoms with Crippen LogP contribution < -0.4 is 10.0 Å². The van der Waals surface area contributed by atoms with E-state index in [-0.39, 0.29) is 4.90 Å². The van der Waals surface area contributed by atoms with Gasteiger partial charge in [-0.25, -0.2) is 17.9 Å². The van der Waals surface area contributed by atoms with Gasteiger partial charge in [-0.3, -0.25) is 0 Å². The highest BCUT2D eigenvalue weighted by atomic mass is 32.2. The third-order valence-corrected chi connectivity index (χ3v) is 4.51. The van der Waals surface area contributed by atoms with Crippen molar-refractivity contribution in [3.8, 4) is 0 Å². The third kappa shape index (κ3) is 3.71. The fourth-order valence-electron chi connectivity index (χ4n) is 1.88. The molecule has 0 heterocycles. The summed E-state index contributed by atoms with van der Waals surface area (Å²) in [5.41, 5.74) is -0.503. The van der Waals surface area contributed by atoms with E-state index in [0.29, 0.717) is 12.1 Å². The average molecular weight is 300 g/mol. The first-order valence-corrected chi connectivity index (χ1v) is 7.78. The number of carboxylic acids is 1. The molecule has 0 spiro atoms. The van der Waals surface area contributed by atoms with Crippen molar-refractivity contribution >= 4 is 21.7 Å². The third-order valence-electron chi connectivity index (χ3n) is 3.08. The predicted molar refractivity (Wildman–Crippen MR) is 77.3 cm³/mol. The summed E-state index contributed by atoms with van der Waals surface area (Å²) in [6, 6.07) is 5.98. The highest BCUT2D eigenvalue weighted by molar-refractivity contribution is 7.89. The van der Waals surface area contributed by atoms with Crippen molar-refractivity contribution in [2.45, 2.75) is 37.1 Å². The molecule has 0 saturated heterocycles. The number of hydrogen-bond donors (Lipinski definition) is 3. The smallest absolute Gasteiger partial charge is 0.329 e. The number of hydrogen-bond acceptors (Lipinski definition) is 4. The lowest BCUT2D eigenvalue weighted by Crippen LogP contribution is -2.43. The van der Waals surface area contributed by atoms with E-state index in [4.69, 9.17) is 0 Å². The molecule has 1 rings (SSSR count). The summed E-state index contributed by atoms with van der Waals surface area (Å²) in [4.78, 5) is 11.5. The van der Waals surface area contributed by atoms with E-state index < -0.39 is 21.5 Å². The number of rotatable bonds is 7. The van der Waals surface area contributed by atoms with E-state index in [2.05, 4.69) is 10.0 Å². The first-order chi connectivity index (χ1) is 9.25. The molecule has 3 N–H and O–H groups in total. The lowest BCUT2D eigenvalue weighted by molar-refractivity contribution is -0.141. The first kappa shape index (κ1) is 16.5. The molecule has 20 heavy (non-hydrogen) atoms. The van der Waals surface area contributed by atoms with E-state index in [0.717, 1.165) is 6.42 Å². The summed E-state index contributed by atoms with van der Waals surface area (Å²) < 4.78 is 25.4. The van der Waals surface area contributed by atoms with Crippen molar-refractivity contribution in [1.29, 1.82) is 0 Å². The van der Waals surface area contributed by atoms with Crippen LogP contribution in [0.4, 0.5) is 5.69 Å². The van der Waals surface area contributed by atoms with E-state index in [9.17, 15) is 18.3 Å². The lowest BCUT2D eigenvalue weighted by Gasteiger charge is -2.27. The van der Waals surface area contributed by atoms with Gasteiger partial charge in [0.15, 0.2) is 0 Å². The van der Waals surface area contributed by atoms with Gasteiger partial charge in [0.25, 0.3) is 0 Å². The molecular weight excluding hydrogens is 280 g/mol. The molecule has 1 unspecified atom stereocenters. The largest absolute Gasteiger partial charge is 0.480 e. The number of carbonyl (C=O) groups is 1. The van der Waals surface area contributed by atoms with E-state index in [1.807, 2.05) is 6.92 Å². The topological polar surface area (TPSA) is 95.5 Å². The molecule has 7 heteroatoms. The number of nitrogens with one attached hydrogen (secondary N) is 2. The predicted octanol–water partition coefficient (Wildman–Crippen LogP) is 1.65. The van der Waals surface area contributed by atoms with E-state index in [1.165, 1.54) is 19.2 Å². The molecule has 112 valence electrons. The molecule has 0 aliphatic rings. The molecule has 0 saturated carbocycles. The second-order valence-electron chi connectivity index (χ2n) is 4.74. The van der Waals surface area contributed by atoms with Crippen LogP contribution in [0.1, 0.15) is 26.7 Å². The molecule has 0 amide bonds. The second kappa shape index (κ2) is 6.23. The number of aliphatic carboxylic acids is 1. The fourth-order valence-corrected chi connectivity index (χ4v) is 2.61. The van der Waals surface area contributed by atoms with Gasteiger partial charge in [-0.2, -0.15) is 0 Å². The Bertz CT molecular complexity index is 569. The maximum absolute atomic E-state index is 11.6. The second-order valence-corrected chi connectivity index (χ2v) is 6.63. The maximum atomic E-state index is 11.6. The van der Waals surface area contributed by atoms with Gasteiger partial charge in [-0.1, -0.05) is 13.3 Å². The summed E-state index contributed by atoms with van der Waals surface area (Å²) in [7, 11) is -2.14.